The maximum Gasteiger partial charge on any atom is 0.0480 e. The zero-order valence-electron chi connectivity index (χ0n) is 53.0. The fraction of sp³-hybridized carbons (Fsp3) is 0.538. The predicted molar refractivity (Wildman–Crippen MR) is 368 cm³/mol. The van der Waals surface area contributed by atoms with Crippen molar-refractivity contribution in [1.29, 1.82) is 0 Å². The summed E-state index contributed by atoms with van der Waals surface area (Å²) in [5.41, 5.74) is 14.5. The number of anilines is 6. The molecule has 0 radical (unpaired) electrons. The van der Waals surface area contributed by atoms with E-state index in [-0.39, 0.29) is 0 Å². The summed E-state index contributed by atoms with van der Waals surface area (Å²) in [6.45, 7) is 19.3. The Morgan fingerprint density at radius 1 is 0.314 bits per heavy atom. The Labute approximate surface area is 526 Å². The van der Waals surface area contributed by atoms with E-state index in [1.54, 1.807) is 0 Å². The molecule has 452 valence electrons. The highest BCUT2D eigenvalue weighted by atomic mass is 32.2. The smallest absolute Gasteiger partial charge is 0.0480 e. The Morgan fingerprint density at radius 3 is 0.965 bits per heavy atom. The van der Waals surface area contributed by atoms with Crippen LogP contribution in [0.15, 0.2) is 158 Å². The first-order valence-corrected chi connectivity index (χ1v) is 36.4. The van der Waals surface area contributed by atoms with Crippen LogP contribution in [0.2, 0.25) is 0 Å². The SMILES string of the molecule is CC(C)c1ccccc1N(c1ccccc1C(C)C)C1CC2SC3CC4SC5CC(N(c6ccccc6C(C)C)c6ccccc6C(C)C)CC6C5N(C4CC3N3C4CCCCC4N(c4ccccc4)C(C1)C23)C1CCCCC1N6c1ccccc1. The van der Waals surface area contributed by atoms with Gasteiger partial charge in [0, 0.05) is 128 Å². The van der Waals surface area contributed by atoms with Crippen LogP contribution >= 0.6 is 23.5 Å². The average molecular weight is 1180 g/mol. The van der Waals surface area contributed by atoms with Crippen molar-refractivity contribution in [2.24, 2.45) is 0 Å². The molecule has 0 aromatic heterocycles. The standard InChI is InChI=1S/C78H98N6S2/c1-49(2)57-31-15-19-35-61(57)81(62-36-20-16-32-58(62)50(3)4)55-43-71-77-75(45-55)85-73-48-74-70(47-69(73)83(77)67-41-25-23-39-65(67)79(71)53-27-11-9-12-28-53)84-68-42-26-24-40-66(68)80(54-29-13-10-14-30-54)72-44-56(46-76(86-74)78(72)84)82(63-37-21-17-33-59(63)51(5)6)64-38-22-18-34-60(64)52(7)8/h9-22,27-38,49-52,55-56,65-78H,23-26,39-48H2,1-8H3. The van der Waals surface area contributed by atoms with Crippen molar-refractivity contribution >= 4 is 57.6 Å². The molecule has 9 aliphatic rings. The van der Waals surface area contributed by atoms with Gasteiger partial charge in [-0.15, -0.1) is 0 Å². The summed E-state index contributed by atoms with van der Waals surface area (Å²) in [5.74, 6) is 1.69. The molecule has 16 unspecified atom stereocenters. The highest BCUT2D eigenvalue weighted by Gasteiger charge is 2.65. The summed E-state index contributed by atoms with van der Waals surface area (Å²) < 4.78 is 0. The first-order valence-electron chi connectivity index (χ1n) is 34.5. The molecule has 0 spiro atoms. The van der Waals surface area contributed by atoms with Crippen molar-refractivity contribution in [2.75, 3.05) is 19.6 Å². The molecule has 6 aromatic rings. The summed E-state index contributed by atoms with van der Waals surface area (Å²) in [6, 6.07) is 68.1. The number of piperazine rings is 2. The van der Waals surface area contributed by atoms with Crippen LogP contribution in [0.5, 0.6) is 0 Å². The first kappa shape index (κ1) is 57.6. The number of fused-ring (bicyclic) bond motifs is 8. The third-order valence-corrected chi connectivity index (χ3v) is 26.6. The summed E-state index contributed by atoms with van der Waals surface area (Å²) in [6.07, 6.45) is 18.1. The molecule has 4 heterocycles. The van der Waals surface area contributed by atoms with Crippen molar-refractivity contribution in [1.82, 2.24) is 9.80 Å². The van der Waals surface area contributed by atoms with Gasteiger partial charge >= 0.3 is 0 Å². The van der Waals surface area contributed by atoms with E-state index in [4.69, 9.17) is 0 Å². The fourth-order valence-corrected chi connectivity index (χ4v) is 24.2. The third kappa shape index (κ3) is 9.88. The zero-order chi connectivity index (χ0) is 58.5. The maximum atomic E-state index is 3.40. The van der Waals surface area contributed by atoms with E-state index in [0.29, 0.717) is 117 Å². The number of hydrogen-bond acceptors (Lipinski definition) is 8. The number of para-hydroxylation sites is 6. The van der Waals surface area contributed by atoms with Crippen LogP contribution in [0.3, 0.4) is 0 Å². The molecule has 5 saturated carbocycles. The summed E-state index contributed by atoms with van der Waals surface area (Å²) >= 11 is 5.04. The number of benzene rings is 6. The molecule has 86 heavy (non-hydrogen) atoms. The molecule has 4 aliphatic heterocycles. The number of thioether (sulfide) groups is 2. The molecule has 0 bridgehead atoms. The van der Waals surface area contributed by atoms with Gasteiger partial charge in [-0.1, -0.05) is 190 Å². The van der Waals surface area contributed by atoms with Gasteiger partial charge in [-0.25, -0.2) is 0 Å². The first-order chi connectivity index (χ1) is 42.0. The quantitative estimate of drug-likeness (QED) is 0.119. The second kappa shape index (κ2) is 23.8. The number of nitrogens with zero attached hydrogens (tertiary/aromatic N) is 6. The molecule has 15 rings (SSSR count). The Balaban J connectivity index is 0.851. The number of hydrogen-bond donors (Lipinski definition) is 0. The topological polar surface area (TPSA) is 19.4 Å². The predicted octanol–water partition coefficient (Wildman–Crippen LogP) is 18.7. The van der Waals surface area contributed by atoms with Crippen LogP contribution < -0.4 is 19.6 Å². The molecule has 0 N–H and O–H groups in total. The lowest BCUT2D eigenvalue weighted by Crippen LogP contribution is -2.81. The minimum Gasteiger partial charge on any atom is -0.362 e. The van der Waals surface area contributed by atoms with Gasteiger partial charge < -0.3 is 19.6 Å². The van der Waals surface area contributed by atoms with Crippen LogP contribution in [0, 0.1) is 0 Å². The summed E-state index contributed by atoms with van der Waals surface area (Å²) in [7, 11) is 0. The second-order valence-electron chi connectivity index (χ2n) is 29.2. The number of rotatable bonds is 12. The molecule has 16 atom stereocenters. The molecule has 0 amide bonds. The van der Waals surface area contributed by atoms with Gasteiger partial charge in [0.15, 0.2) is 0 Å². The highest BCUT2D eigenvalue weighted by molar-refractivity contribution is 8.01. The largest absolute Gasteiger partial charge is 0.362 e. The second-order valence-corrected chi connectivity index (χ2v) is 32.2. The van der Waals surface area contributed by atoms with E-state index in [2.05, 4.69) is 266 Å². The molecule has 9 fully saturated rings. The van der Waals surface area contributed by atoms with Gasteiger partial charge in [0.2, 0.25) is 0 Å². The molecular weight excluding hydrogens is 1090 g/mol. The van der Waals surface area contributed by atoms with Crippen LogP contribution in [-0.2, 0) is 0 Å². The van der Waals surface area contributed by atoms with E-state index >= 15 is 0 Å². The van der Waals surface area contributed by atoms with Gasteiger partial charge in [-0.3, -0.25) is 9.80 Å². The van der Waals surface area contributed by atoms with Crippen molar-refractivity contribution < 1.29 is 0 Å². The molecule has 6 nitrogen and oxygen atoms in total. The summed E-state index contributed by atoms with van der Waals surface area (Å²) in [4.78, 5) is 18.9. The fourth-order valence-electron chi connectivity index (χ4n) is 20.0. The van der Waals surface area contributed by atoms with Crippen molar-refractivity contribution in [3.8, 4) is 0 Å². The van der Waals surface area contributed by atoms with Gasteiger partial charge in [0.1, 0.15) is 0 Å². The Morgan fingerprint density at radius 2 is 0.628 bits per heavy atom. The molecule has 6 aromatic carbocycles. The monoisotopic (exact) mass is 1180 g/mol. The van der Waals surface area contributed by atoms with Crippen molar-refractivity contribution in [3.63, 3.8) is 0 Å². The minimum atomic E-state index is 0.365. The average Bonchev–Trinajstić information content (AvgIpc) is 0.733. The van der Waals surface area contributed by atoms with Crippen molar-refractivity contribution in [2.45, 2.75) is 262 Å². The zero-order valence-corrected chi connectivity index (χ0v) is 54.6. The lowest BCUT2D eigenvalue weighted by Gasteiger charge is -2.71. The normalized spacial score (nSPS) is 33.1. The lowest BCUT2D eigenvalue weighted by atomic mass is 9.70. The van der Waals surface area contributed by atoms with Crippen LogP contribution in [0.4, 0.5) is 34.1 Å². The van der Waals surface area contributed by atoms with Gasteiger partial charge in [-0.2, -0.15) is 23.5 Å². The van der Waals surface area contributed by atoms with Crippen molar-refractivity contribution in [3.05, 3.63) is 180 Å². The molecule has 8 heteroatoms. The minimum absolute atomic E-state index is 0.365. The Kier molecular flexibility index (Phi) is 16.0. The lowest BCUT2D eigenvalue weighted by molar-refractivity contribution is -0.0717. The van der Waals surface area contributed by atoms with Gasteiger partial charge in [-0.05, 0) is 159 Å². The van der Waals surface area contributed by atoms with Crippen LogP contribution in [-0.4, -0.2) is 103 Å². The Hall–Kier alpha value is -4.86. The highest BCUT2D eigenvalue weighted by Crippen LogP contribution is 2.61. The van der Waals surface area contributed by atoms with E-state index < -0.39 is 0 Å². The Bertz CT molecular complexity index is 2990. The molecular formula is C78H98N6S2. The van der Waals surface area contributed by atoms with E-state index in [9.17, 15) is 0 Å². The van der Waals surface area contributed by atoms with E-state index in [1.807, 2.05) is 0 Å². The maximum absolute atomic E-state index is 3.40. The van der Waals surface area contributed by atoms with E-state index in [1.165, 1.54) is 146 Å². The van der Waals surface area contributed by atoms with Crippen LogP contribution in [0.1, 0.15) is 191 Å². The van der Waals surface area contributed by atoms with Gasteiger partial charge in [0.25, 0.3) is 0 Å². The van der Waals surface area contributed by atoms with E-state index in [0.717, 1.165) is 0 Å². The van der Waals surface area contributed by atoms with Crippen LogP contribution in [0.25, 0.3) is 0 Å². The molecule has 4 saturated heterocycles. The third-order valence-electron chi connectivity index (χ3n) is 23.2. The molecule has 5 aliphatic carbocycles. The van der Waals surface area contributed by atoms with Gasteiger partial charge in [0.05, 0.1) is 0 Å². The summed E-state index contributed by atoms with van der Waals surface area (Å²) in [5, 5.41) is 2.34.